The highest BCUT2D eigenvalue weighted by atomic mass is 32.2. The van der Waals surface area contributed by atoms with Crippen molar-refractivity contribution < 1.29 is 5.11 Å². The molecule has 0 spiro atoms. The Morgan fingerprint density at radius 2 is 2.17 bits per heavy atom. The van der Waals surface area contributed by atoms with Crippen molar-refractivity contribution in [1.82, 2.24) is 0 Å². The van der Waals surface area contributed by atoms with Crippen LogP contribution in [0.15, 0.2) is 0 Å². The highest BCUT2D eigenvalue weighted by Crippen LogP contribution is 2.07. The SMILES string of the molecule is CC#CCCC(O)CCSCC. The van der Waals surface area contributed by atoms with Crippen LogP contribution in [0.25, 0.3) is 0 Å². The van der Waals surface area contributed by atoms with Crippen molar-refractivity contribution in [3.05, 3.63) is 0 Å². The summed E-state index contributed by atoms with van der Waals surface area (Å²) in [5, 5.41) is 9.42. The number of hydrogen-bond acceptors (Lipinski definition) is 2. The Bertz CT molecular complexity index is 146. The first-order chi connectivity index (χ1) is 5.81. The van der Waals surface area contributed by atoms with E-state index in [1.807, 2.05) is 18.7 Å². The van der Waals surface area contributed by atoms with Gasteiger partial charge in [0.2, 0.25) is 0 Å². The second-order valence-corrected chi connectivity index (χ2v) is 4.00. The lowest BCUT2D eigenvalue weighted by Crippen LogP contribution is -2.06. The highest BCUT2D eigenvalue weighted by Gasteiger charge is 2.01. The van der Waals surface area contributed by atoms with E-state index < -0.39 is 0 Å². The summed E-state index contributed by atoms with van der Waals surface area (Å²) in [4.78, 5) is 0. The van der Waals surface area contributed by atoms with Gasteiger partial charge in [0.15, 0.2) is 0 Å². The Kier molecular flexibility index (Phi) is 8.86. The third-order valence-corrected chi connectivity index (χ3v) is 2.51. The van der Waals surface area contributed by atoms with Gasteiger partial charge in [-0.2, -0.15) is 11.8 Å². The number of rotatable bonds is 6. The molecule has 0 aromatic rings. The summed E-state index contributed by atoms with van der Waals surface area (Å²) in [5.74, 6) is 7.98. The zero-order valence-electron chi connectivity index (χ0n) is 7.97. The van der Waals surface area contributed by atoms with Crippen LogP contribution in [0.2, 0.25) is 0 Å². The molecule has 1 atom stereocenters. The van der Waals surface area contributed by atoms with E-state index in [2.05, 4.69) is 18.8 Å². The molecule has 0 aromatic carbocycles. The fourth-order valence-corrected chi connectivity index (χ4v) is 1.60. The third kappa shape index (κ3) is 7.97. The monoisotopic (exact) mass is 186 g/mol. The van der Waals surface area contributed by atoms with Crippen molar-refractivity contribution in [2.45, 2.75) is 39.2 Å². The molecule has 0 radical (unpaired) electrons. The molecule has 0 amide bonds. The molecule has 0 rings (SSSR count). The maximum atomic E-state index is 9.42. The molecule has 0 saturated carbocycles. The average Bonchev–Trinajstić information content (AvgIpc) is 2.06. The third-order valence-electron chi connectivity index (χ3n) is 1.58. The van der Waals surface area contributed by atoms with E-state index >= 15 is 0 Å². The normalized spacial score (nSPS) is 11.9. The molecule has 0 aliphatic carbocycles. The molecule has 0 heterocycles. The summed E-state index contributed by atoms with van der Waals surface area (Å²) in [7, 11) is 0. The van der Waals surface area contributed by atoms with E-state index in [9.17, 15) is 5.11 Å². The van der Waals surface area contributed by atoms with E-state index in [1.165, 1.54) is 0 Å². The Morgan fingerprint density at radius 3 is 2.75 bits per heavy atom. The lowest BCUT2D eigenvalue weighted by atomic mass is 10.1. The largest absolute Gasteiger partial charge is 0.393 e. The molecule has 12 heavy (non-hydrogen) atoms. The van der Waals surface area contributed by atoms with Crippen molar-refractivity contribution in [3.8, 4) is 11.8 Å². The van der Waals surface area contributed by atoms with Crippen molar-refractivity contribution >= 4 is 11.8 Å². The summed E-state index contributed by atoms with van der Waals surface area (Å²) >= 11 is 1.88. The van der Waals surface area contributed by atoms with Crippen LogP contribution in [0, 0.1) is 11.8 Å². The first-order valence-corrected chi connectivity index (χ1v) is 5.62. The van der Waals surface area contributed by atoms with Gasteiger partial charge < -0.3 is 5.11 Å². The topological polar surface area (TPSA) is 20.2 Å². The lowest BCUT2D eigenvalue weighted by molar-refractivity contribution is 0.163. The van der Waals surface area contributed by atoms with Gasteiger partial charge in [-0.25, -0.2) is 0 Å². The summed E-state index contributed by atoms with van der Waals surface area (Å²) < 4.78 is 0. The smallest absolute Gasteiger partial charge is 0.0557 e. The van der Waals surface area contributed by atoms with Gasteiger partial charge in [0.1, 0.15) is 0 Å². The van der Waals surface area contributed by atoms with E-state index in [1.54, 1.807) is 0 Å². The maximum absolute atomic E-state index is 9.42. The number of aliphatic hydroxyl groups is 1. The van der Waals surface area contributed by atoms with Gasteiger partial charge in [-0.15, -0.1) is 11.8 Å². The molecule has 0 fully saturated rings. The fourth-order valence-electron chi connectivity index (χ4n) is 0.872. The predicted octanol–water partition coefficient (Wildman–Crippen LogP) is 2.29. The van der Waals surface area contributed by atoms with Gasteiger partial charge in [0, 0.05) is 6.42 Å². The first-order valence-electron chi connectivity index (χ1n) is 4.46. The zero-order valence-corrected chi connectivity index (χ0v) is 8.78. The molecular formula is C10H18OS. The molecule has 0 saturated heterocycles. The fraction of sp³-hybridized carbons (Fsp3) is 0.800. The number of thioether (sulfide) groups is 1. The van der Waals surface area contributed by atoms with Crippen LogP contribution in [0.1, 0.15) is 33.1 Å². The summed E-state index contributed by atoms with van der Waals surface area (Å²) in [6.45, 7) is 3.97. The molecule has 1 N–H and O–H groups in total. The lowest BCUT2D eigenvalue weighted by Gasteiger charge is -2.06. The second kappa shape index (κ2) is 8.96. The standard InChI is InChI=1S/C10H18OS/c1-3-5-6-7-10(11)8-9-12-4-2/h10-11H,4,6-9H2,1-2H3. The summed E-state index contributed by atoms with van der Waals surface area (Å²) in [6, 6.07) is 0. The second-order valence-electron chi connectivity index (χ2n) is 2.60. The van der Waals surface area contributed by atoms with Gasteiger partial charge >= 0.3 is 0 Å². The Hall–Kier alpha value is -0.130. The average molecular weight is 186 g/mol. The van der Waals surface area contributed by atoms with Crippen molar-refractivity contribution in [2.75, 3.05) is 11.5 Å². The van der Waals surface area contributed by atoms with Crippen LogP contribution in [0.4, 0.5) is 0 Å². The van der Waals surface area contributed by atoms with E-state index in [-0.39, 0.29) is 6.10 Å². The minimum Gasteiger partial charge on any atom is -0.393 e. The molecule has 0 aliphatic rings. The predicted molar refractivity (Wildman–Crippen MR) is 56.3 cm³/mol. The minimum atomic E-state index is -0.148. The molecular weight excluding hydrogens is 168 g/mol. The Balaban J connectivity index is 3.19. The Labute approximate surface area is 79.9 Å². The van der Waals surface area contributed by atoms with Crippen LogP contribution in [0.3, 0.4) is 0 Å². The maximum Gasteiger partial charge on any atom is 0.0557 e. The van der Waals surface area contributed by atoms with Gasteiger partial charge in [-0.3, -0.25) is 0 Å². The van der Waals surface area contributed by atoms with E-state index in [4.69, 9.17) is 0 Å². The molecule has 0 bridgehead atoms. The van der Waals surface area contributed by atoms with Gasteiger partial charge in [-0.05, 0) is 31.3 Å². The first kappa shape index (κ1) is 11.9. The molecule has 1 nitrogen and oxygen atoms in total. The van der Waals surface area contributed by atoms with Crippen LogP contribution >= 0.6 is 11.8 Å². The summed E-state index contributed by atoms with van der Waals surface area (Å²) in [5.41, 5.74) is 0. The van der Waals surface area contributed by atoms with Crippen LogP contribution in [-0.2, 0) is 0 Å². The highest BCUT2D eigenvalue weighted by molar-refractivity contribution is 7.99. The Morgan fingerprint density at radius 1 is 1.42 bits per heavy atom. The summed E-state index contributed by atoms with van der Waals surface area (Å²) in [6.07, 6.45) is 2.41. The minimum absolute atomic E-state index is 0.148. The van der Waals surface area contributed by atoms with Crippen molar-refractivity contribution in [1.29, 1.82) is 0 Å². The molecule has 70 valence electrons. The zero-order chi connectivity index (χ0) is 9.23. The van der Waals surface area contributed by atoms with Crippen molar-refractivity contribution in [3.63, 3.8) is 0 Å². The van der Waals surface area contributed by atoms with Crippen LogP contribution in [0.5, 0.6) is 0 Å². The number of hydrogen-bond donors (Lipinski definition) is 1. The van der Waals surface area contributed by atoms with Crippen molar-refractivity contribution in [2.24, 2.45) is 0 Å². The molecule has 2 heteroatoms. The molecule has 0 aromatic heterocycles. The molecule has 0 aliphatic heterocycles. The van der Waals surface area contributed by atoms with Gasteiger partial charge in [-0.1, -0.05) is 6.92 Å². The number of aliphatic hydroxyl groups excluding tert-OH is 1. The van der Waals surface area contributed by atoms with Crippen LogP contribution < -0.4 is 0 Å². The van der Waals surface area contributed by atoms with E-state index in [0.717, 1.165) is 30.8 Å². The van der Waals surface area contributed by atoms with E-state index in [0.29, 0.717) is 0 Å². The molecule has 1 unspecified atom stereocenters. The van der Waals surface area contributed by atoms with Crippen LogP contribution in [-0.4, -0.2) is 22.7 Å². The van der Waals surface area contributed by atoms with Gasteiger partial charge in [0.05, 0.1) is 6.10 Å². The van der Waals surface area contributed by atoms with Gasteiger partial charge in [0.25, 0.3) is 0 Å². The quantitative estimate of drug-likeness (QED) is 0.507.